The maximum atomic E-state index is 5.20. The van der Waals surface area contributed by atoms with E-state index in [0.717, 1.165) is 27.8 Å². The predicted octanol–water partition coefficient (Wildman–Crippen LogP) is 14.5. The van der Waals surface area contributed by atoms with E-state index in [1.807, 2.05) is 6.07 Å². The van der Waals surface area contributed by atoms with Crippen molar-refractivity contribution in [1.82, 2.24) is 15.0 Å². The summed E-state index contributed by atoms with van der Waals surface area (Å²) in [4.78, 5) is 15.5. The van der Waals surface area contributed by atoms with Crippen LogP contribution in [-0.4, -0.2) is 15.0 Å². The Morgan fingerprint density at radius 3 is 1.50 bits per heavy atom. The summed E-state index contributed by atoms with van der Waals surface area (Å²) in [6, 6.07) is 71.7. The van der Waals surface area contributed by atoms with Gasteiger partial charge in [0.1, 0.15) is 0 Å². The van der Waals surface area contributed by atoms with Crippen molar-refractivity contribution in [3.05, 3.63) is 200 Å². The van der Waals surface area contributed by atoms with Gasteiger partial charge < -0.3 is 0 Å². The molecule has 0 amide bonds. The van der Waals surface area contributed by atoms with E-state index in [2.05, 4.69) is 194 Å². The predicted molar refractivity (Wildman–Crippen MR) is 241 cm³/mol. The molecule has 0 aliphatic heterocycles. The lowest BCUT2D eigenvalue weighted by atomic mass is 9.89. The number of aromatic nitrogens is 3. The van der Waals surface area contributed by atoms with Crippen molar-refractivity contribution >= 4 is 43.1 Å². The minimum Gasteiger partial charge on any atom is -0.208 e. The molecule has 3 heteroatoms. The highest BCUT2D eigenvalue weighted by molar-refractivity contribution is 6.20. The van der Waals surface area contributed by atoms with E-state index in [-0.39, 0.29) is 0 Å². The first kappa shape index (κ1) is 32.5. The molecule has 268 valence electrons. The zero-order valence-electron chi connectivity index (χ0n) is 31.4. The van der Waals surface area contributed by atoms with Gasteiger partial charge in [-0.25, -0.2) is 15.0 Å². The minimum atomic E-state index is 0.637. The monoisotopic (exact) mass is 735 g/mol. The van der Waals surface area contributed by atoms with Crippen LogP contribution in [0.1, 0.15) is 0 Å². The van der Waals surface area contributed by atoms with Gasteiger partial charge in [0.2, 0.25) is 0 Å². The molecule has 0 atom stereocenters. The van der Waals surface area contributed by atoms with Crippen LogP contribution < -0.4 is 0 Å². The molecular weight excluding hydrogens is 703 g/mol. The Kier molecular flexibility index (Phi) is 7.23. The van der Waals surface area contributed by atoms with Gasteiger partial charge in [0, 0.05) is 16.7 Å². The van der Waals surface area contributed by atoms with Crippen molar-refractivity contribution in [3.63, 3.8) is 0 Å². The Morgan fingerprint density at radius 2 is 0.776 bits per heavy atom. The van der Waals surface area contributed by atoms with Gasteiger partial charge in [-0.3, -0.25) is 0 Å². The van der Waals surface area contributed by atoms with Crippen LogP contribution in [0.5, 0.6) is 0 Å². The van der Waals surface area contributed by atoms with Crippen LogP contribution in [0.25, 0.3) is 122 Å². The van der Waals surface area contributed by atoms with E-state index in [4.69, 9.17) is 15.0 Å². The average molecular weight is 736 g/mol. The summed E-state index contributed by atoms with van der Waals surface area (Å²) in [6.45, 7) is 0. The molecule has 1 aliphatic carbocycles. The molecule has 0 saturated heterocycles. The molecule has 0 unspecified atom stereocenters. The second-order valence-electron chi connectivity index (χ2n) is 15.2. The lowest BCUT2D eigenvalue weighted by Crippen LogP contribution is -2.00. The first-order chi connectivity index (χ1) is 28.7. The average Bonchev–Trinajstić information content (AvgIpc) is 3.62. The molecule has 0 radical (unpaired) electrons. The van der Waals surface area contributed by atoms with E-state index in [0.29, 0.717) is 17.5 Å². The van der Waals surface area contributed by atoms with Crippen molar-refractivity contribution in [2.45, 2.75) is 0 Å². The fraction of sp³-hybridized carbons (Fsp3) is 0. The maximum Gasteiger partial charge on any atom is 0.164 e. The van der Waals surface area contributed by atoms with Crippen LogP contribution >= 0.6 is 0 Å². The summed E-state index contributed by atoms with van der Waals surface area (Å²) in [5, 5.41) is 10.0. The van der Waals surface area contributed by atoms with E-state index < -0.39 is 0 Å². The highest BCUT2D eigenvalue weighted by Crippen LogP contribution is 2.48. The topological polar surface area (TPSA) is 38.7 Å². The van der Waals surface area contributed by atoms with Gasteiger partial charge in [0.15, 0.2) is 17.5 Å². The largest absolute Gasteiger partial charge is 0.208 e. The molecule has 1 aliphatic rings. The summed E-state index contributed by atoms with van der Waals surface area (Å²) in [7, 11) is 0. The van der Waals surface area contributed by atoms with Crippen molar-refractivity contribution in [1.29, 1.82) is 0 Å². The quantitative estimate of drug-likeness (QED) is 0.130. The van der Waals surface area contributed by atoms with Gasteiger partial charge in [-0.1, -0.05) is 188 Å². The van der Waals surface area contributed by atoms with Crippen LogP contribution in [0.2, 0.25) is 0 Å². The molecule has 10 aromatic carbocycles. The lowest BCUT2D eigenvalue weighted by Gasteiger charge is -2.15. The molecule has 0 fully saturated rings. The van der Waals surface area contributed by atoms with Crippen LogP contribution in [0.4, 0.5) is 0 Å². The van der Waals surface area contributed by atoms with Gasteiger partial charge in [-0.2, -0.15) is 0 Å². The number of rotatable bonds is 5. The Hall–Kier alpha value is -7.75. The summed E-state index contributed by atoms with van der Waals surface area (Å²) < 4.78 is 0. The van der Waals surface area contributed by atoms with Crippen molar-refractivity contribution in [2.24, 2.45) is 0 Å². The van der Waals surface area contributed by atoms with E-state index >= 15 is 0 Å². The van der Waals surface area contributed by atoms with Crippen LogP contribution in [0, 0.1) is 0 Å². The van der Waals surface area contributed by atoms with Crippen molar-refractivity contribution in [2.75, 3.05) is 0 Å². The molecule has 3 nitrogen and oxygen atoms in total. The molecule has 11 aromatic rings. The Labute approximate surface area is 335 Å². The van der Waals surface area contributed by atoms with E-state index in [9.17, 15) is 0 Å². The van der Waals surface area contributed by atoms with Gasteiger partial charge in [-0.05, 0) is 99.7 Å². The summed E-state index contributed by atoms with van der Waals surface area (Å²) in [5.41, 5.74) is 12.5. The summed E-state index contributed by atoms with van der Waals surface area (Å²) in [5.74, 6) is 1.92. The zero-order valence-corrected chi connectivity index (χ0v) is 31.4. The van der Waals surface area contributed by atoms with Gasteiger partial charge >= 0.3 is 0 Å². The second kappa shape index (κ2) is 12.9. The third kappa shape index (κ3) is 5.18. The Bertz CT molecular complexity index is 3420. The molecule has 0 saturated carbocycles. The normalized spacial score (nSPS) is 11.8. The fourth-order valence-corrected chi connectivity index (χ4v) is 9.05. The molecule has 1 heterocycles. The molecule has 0 bridgehead atoms. The number of benzene rings is 10. The first-order valence-electron chi connectivity index (χ1n) is 19.8. The zero-order chi connectivity index (χ0) is 38.2. The van der Waals surface area contributed by atoms with E-state index in [1.165, 1.54) is 76.5 Å². The Morgan fingerprint density at radius 1 is 0.241 bits per heavy atom. The van der Waals surface area contributed by atoms with Crippen molar-refractivity contribution in [3.8, 4) is 78.7 Å². The molecule has 0 spiro atoms. The maximum absolute atomic E-state index is 5.20. The first-order valence-corrected chi connectivity index (χ1v) is 19.8. The fourth-order valence-electron chi connectivity index (χ4n) is 9.05. The molecule has 58 heavy (non-hydrogen) atoms. The third-order valence-corrected chi connectivity index (χ3v) is 11.9. The molecule has 1 aromatic heterocycles. The number of hydrogen-bond donors (Lipinski definition) is 0. The minimum absolute atomic E-state index is 0.637. The van der Waals surface area contributed by atoms with Gasteiger partial charge in [-0.15, -0.1) is 0 Å². The number of nitrogens with zero attached hydrogens (tertiary/aromatic N) is 3. The van der Waals surface area contributed by atoms with Crippen LogP contribution in [-0.2, 0) is 0 Å². The van der Waals surface area contributed by atoms with Gasteiger partial charge in [0.05, 0.1) is 0 Å². The molecule has 12 rings (SSSR count). The summed E-state index contributed by atoms with van der Waals surface area (Å²) >= 11 is 0. The summed E-state index contributed by atoms with van der Waals surface area (Å²) in [6.07, 6.45) is 0. The van der Waals surface area contributed by atoms with Crippen LogP contribution in [0.3, 0.4) is 0 Å². The number of fused-ring (bicyclic) bond motifs is 7. The lowest BCUT2D eigenvalue weighted by molar-refractivity contribution is 1.07. The standard InChI is InChI=1S/C55H33N3/c1-2-10-34(11-3-1)35-20-24-39(25-21-35)53-56-54(58-55(57-53)42-29-30-45-46-18-8-14-37-15-9-19-47(52(37)46)50(45)33-42)40-26-22-38(23-27-40)51-44-17-7-5-13-41(44)32-49-43-16-6-4-12-36(43)28-31-48(49)51/h1-33H. The Balaban J connectivity index is 1.00. The highest BCUT2D eigenvalue weighted by Gasteiger charge is 2.23. The van der Waals surface area contributed by atoms with E-state index in [1.54, 1.807) is 0 Å². The third-order valence-electron chi connectivity index (χ3n) is 11.9. The second-order valence-corrected chi connectivity index (χ2v) is 15.2. The SMILES string of the molecule is c1ccc(-c2ccc(-c3nc(-c4ccc(-c5c6ccccc6cc6c5ccc5ccccc56)cc4)nc(-c4ccc5c(c4)-c4cccc6cccc-5c46)n3)cc2)cc1. The van der Waals surface area contributed by atoms with Crippen LogP contribution in [0.15, 0.2) is 200 Å². The van der Waals surface area contributed by atoms with Crippen molar-refractivity contribution < 1.29 is 0 Å². The smallest absolute Gasteiger partial charge is 0.164 e. The highest BCUT2D eigenvalue weighted by atomic mass is 15.0. The number of hydrogen-bond acceptors (Lipinski definition) is 3. The van der Waals surface area contributed by atoms with Gasteiger partial charge in [0.25, 0.3) is 0 Å². The molecule has 0 N–H and O–H groups in total. The molecular formula is C55H33N3.